The maximum absolute atomic E-state index is 14.8. The molecular formula is C29H28FN5O3. The number of likely N-dealkylation sites (tertiary alicyclic amines) is 1. The number of nitrogens with zero attached hydrogens (tertiary/aromatic N) is 4. The number of halogens is 1. The zero-order valence-corrected chi connectivity index (χ0v) is 21.4. The molecule has 0 bridgehead atoms. The Morgan fingerprint density at radius 3 is 2.74 bits per heavy atom. The second kappa shape index (κ2) is 9.53. The second-order valence-electron chi connectivity index (χ2n) is 10.5. The summed E-state index contributed by atoms with van der Waals surface area (Å²) in [6.45, 7) is 3.92. The number of hydrogen-bond acceptors (Lipinski definition) is 5. The molecule has 0 unspecified atom stereocenters. The lowest BCUT2D eigenvalue weighted by Gasteiger charge is -2.33. The average molecular weight is 514 g/mol. The highest BCUT2D eigenvalue weighted by atomic mass is 19.1. The maximum atomic E-state index is 14.8. The second-order valence-corrected chi connectivity index (χ2v) is 10.5. The van der Waals surface area contributed by atoms with E-state index in [1.165, 1.54) is 41.2 Å². The average Bonchev–Trinajstić information content (AvgIpc) is 3.43. The van der Waals surface area contributed by atoms with Gasteiger partial charge in [-0.1, -0.05) is 38.1 Å². The van der Waals surface area contributed by atoms with Crippen molar-refractivity contribution in [1.82, 2.24) is 14.8 Å². The molecule has 3 aromatic rings. The van der Waals surface area contributed by atoms with Crippen LogP contribution in [0.5, 0.6) is 0 Å². The van der Waals surface area contributed by atoms with Crippen molar-refractivity contribution in [2.24, 2.45) is 5.92 Å². The van der Waals surface area contributed by atoms with E-state index < -0.39 is 35.1 Å². The number of fused-ring (bicyclic) bond motifs is 3. The summed E-state index contributed by atoms with van der Waals surface area (Å²) in [4.78, 5) is 47.9. The highest BCUT2D eigenvalue weighted by Gasteiger charge is 2.56. The van der Waals surface area contributed by atoms with E-state index in [1.807, 2.05) is 32.0 Å². The fourth-order valence-corrected chi connectivity index (χ4v) is 5.72. The van der Waals surface area contributed by atoms with Crippen LogP contribution in [-0.2, 0) is 15.0 Å². The van der Waals surface area contributed by atoms with Gasteiger partial charge < -0.3 is 15.1 Å². The first-order valence-corrected chi connectivity index (χ1v) is 12.6. The molecule has 2 aliphatic heterocycles. The van der Waals surface area contributed by atoms with Crippen LogP contribution >= 0.6 is 0 Å². The van der Waals surface area contributed by atoms with Crippen molar-refractivity contribution in [2.75, 3.05) is 18.9 Å². The number of anilines is 1. The molecule has 2 aliphatic rings. The lowest BCUT2D eigenvalue weighted by atomic mass is 9.80. The summed E-state index contributed by atoms with van der Waals surface area (Å²) >= 11 is 0. The van der Waals surface area contributed by atoms with Gasteiger partial charge in [0.25, 0.3) is 5.91 Å². The van der Waals surface area contributed by atoms with Crippen molar-refractivity contribution >= 4 is 34.3 Å². The Bertz CT molecular complexity index is 1490. The van der Waals surface area contributed by atoms with Crippen LogP contribution in [0.4, 0.5) is 10.1 Å². The fourth-order valence-electron chi connectivity index (χ4n) is 5.72. The molecule has 3 amide bonds. The molecule has 0 saturated carbocycles. The van der Waals surface area contributed by atoms with E-state index in [0.29, 0.717) is 17.6 Å². The van der Waals surface area contributed by atoms with Crippen molar-refractivity contribution in [3.8, 4) is 6.07 Å². The largest absolute Gasteiger partial charge is 0.330 e. The molecule has 5 rings (SSSR count). The number of benzene rings is 2. The third-order valence-electron chi connectivity index (χ3n) is 7.63. The van der Waals surface area contributed by atoms with Gasteiger partial charge in [-0.15, -0.1) is 0 Å². The SMILES string of the molecule is CC(C)C[C@@H](C(=O)N1C[C@]2(C[C@H]1C#N)C(=O)Nc1ccccc12)N(C)C(=O)c1ccnc2cccc(F)c12. The van der Waals surface area contributed by atoms with Gasteiger partial charge >= 0.3 is 0 Å². The minimum atomic E-state index is -1.03. The van der Waals surface area contributed by atoms with Crippen LogP contribution in [-0.4, -0.2) is 58.2 Å². The topological polar surface area (TPSA) is 106 Å². The number of rotatable bonds is 5. The van der Waals surface area contributed by atoms with Crippen molar-refractivity contribution in [1.29, 1.82) is 5.26 Å². The summed E-state index contributed by atoms with van der Waals surface area (Å²) in [5.41, 5.74) is 0.872. The lowest BCUT2D eigenvalue weighted by molar-refractivity contribution is -0.136. The number of likely N-dealkylation sites (N-methyl/N-ethyl adjacent to an activating group) is 1. The quantitative estimate of drug-likeness (QED) is 0.557. The Balaban J connectivity index is 1.50. The number of pyridine rings is 1. The van der Waals surface area contributed by atoms with E-state index in [2.05, 4.69) is 16.4 Å². The van der Waals surface area contributed by atoms with Gasteiger partial charge in [-0.3, -0.25) is 19.4 Å². The predicted molar refractivity (Wildman–Crippen MR) is 140 cm³/mol. The van der Waals surface area contributed by atoms with E-state index in [0.717, 1.165) is 5.56 Å². The molecule has 194 valence electrons. The van der Waals surface area contributed by atoms with Crippen molar-refractivity contribution in [3.05, 3.63) is 71.7 Å². The van der Waals surface area contributed by atoms with Gasteiger partial charge in [0.15, 0.2) is 0 Å². The molecule has 3 atom stereocenters. The zero-order chi connectivity index (χ0) is 27.2. The van der Waals surface area contributed by atoms with Gasteiger partial charge in [0, 0.05) is 37.3 Å². The van der Waals surface area contributed by atoms with E-state index in [1.54, 1.807) is 12.1 Å². The van der Waals surface area contributed by atoms with Gasteiger partial charge in [-0.25, -0.2) is 4.39 Å². The number of nitriles is 1. The molecule has 0 radical (unpaired) electrons. The van der Waals surface area contributed by atoms with Crippen LogP contribution in [0.3, 0.4) is 0 Å². The number of hydrogen-bond donors (Lipinski definition) is 1. The normalized spacial score (nSPS) is 20.9. The van der Waals surface area contributed by atoms with Crippen LogP contribution in [0.15, 0.2) is 54.7 Å². The number of nitrogens with one attached hydrogen (secondary N) is 1. The fraction of sp³-hybridized carbons (Fsp3) is 0.345. The van der Waals surface area contributed by atoms with E-state index in [-0.39, 0.29) is 35.7 Å². The molecule has 3 heterocycles. The first-order valence-electron chi connectivity index (χ1n) is 12.6. The van der Waals surface area contributed by atoms with Gasteiger partial charge in [-0.05, 0) is 42.2 Å². The highest BCUT2D eigenvalue weighted by Crippen LogP contribution is 2.46. The third-order valence-corrected chi connectivity index (χ3v) is 7.63. The molecule has 0 aliphatic carbocycles. The number of carbonyl (C=O) groups excluding carboxylic acids is 3. The Kier molecular flexibility index (Phi) is 6.35. The zero-order valence-electron chi connectivity index (χ0n) is 21.4. The highest BCUT2D eigenvalue weighted by molar-refractivity contribution is 6.09. The molecule has 2 aromatic carbocycles. The van der Waals surface area contributed by atoms with Gasteiger partial charge in [0.1, 0.15) is 17.9 Å². The van der Waals surface area contributed by atoms with Crippen LogP contribution in [0.25, 0.3) is 10.9 Å². The maximum Gasteiger partial charge on any atom is 0.255 e. The van der Waals surface area contributed by atoms with Crippen molar-refractivity contribution < 1.29 is 18.8 Å². The van der Waals surface area contributed by atoms with Crippen LogP contribution in [0, 0.1) is 23.1 Å². The summed E-state index contributed by atoms with van der Waals surface area (Å²) in [6, 6.07) is 13.6. The van der Waals surface area contributed by atoms with Crippen molar-refractivity contribution in [2.45, 2.75) is 44.2 Å². The summed E-state index contributed by atoms with van der Waals surface area (Å²) in [7, 11) is 1.52. The minimum absolute atomic E-state index is 0.0380. The smallest absolute Gasteiger partial charge is 0.255 e. The molecule has 38 heavy (non-hydrogen) atoms. The summed E-state index contributed by atoms with van der Waals surface area (Å²) in [5.74, 6) is -1.70. The number of amides is 3. The molecule has 8 nitrogen and oxygen atoms in total. The van der Waals surface area contributed by atoms with E-state index in [9.17, 15) is 24.0 Å². The molecule has 1 saturated heterocycles. The number of aromatic nitrogens is 1. The summed E-state index contributed by atoms with van der Waals surface area (Å²) in [5, 5.41) is 13.0. The molecular weight excluding hydrogens is 485 g/mol. The van der Waals surface area contributed by atoms with Crippen molar-refractivity contribution in [3.63, 3.8) is 0 Å². The van der Waals surface area contributed by atoms with Gasteiger partial charge in [0.05, 0.1) is 22.6 Å². The molecule has 1 aromatic heterocycles. The molecule has 1 fully saturated rings. The number of para-hydroxylation sites is 1. The van der Waals surface area contributed by atoms with Crippen LogP contribution in [0.2, 0.25) is 0 Å². The Labute approximate surface area is 220 Å². The minimum Gasteiger partial charge on any atom is -0.330 e. The molecule has 9 heteroatoms. The first kappa shape index (κ1) is 25.3. The Morgan fingerprint density at radius 2 is 2.00 bits per heavy atom. The first-order chi connectivity index (χ1) is 18.2. The number of carbonyl (C=O) groups is 3. The van der Waals surface area contributed by atoms with Crippen LogP contribution < -0.4 is 5.32 Å². The monoisotopic (exact) mass is 513 g/mol. The molecule has 1 N–H and O–H groups in total. The lowest BCUT2D eigenvalue weighted by Crippen LogP contribution is -2.52. The summed E-state index contributed by atoms with van der Waals surface area (Å²) < 4.78 is 14.8. The Morgan fingerprint density at radius 1 is 1.24 bits per heavy atom. The predicted octanol–water partition coefficient (Wildman–Crippen LogP) is 3.88. The standard InChI is InChI=1S/C29H28FN5O3/c1-17(2)13-24(34(3)26(36)19-11-12-32-23-10-6-8-21(30)25(19)23)27(37)35-16-29(14-18(35)15-31)20-7-4-5-9-22(20)33-28(29)38/h4-12,17-18,24H,13-14,16H2,1-3H3,(H,33,38)/t18-,24-,29-/m0/s1. The van der Waals surface area contributed by atoms with Gasteiger partial charge in [-0.2, -0.15) is 5.26 Å². The summed E-state index contributed by atoms with van der Waals surface area (Å²) in [6.07, 6.45) is 1.94. The van der Waals surface area contributed by atoms with E-state index >= 15 is 0 Å². The Hall–Kier alpha value is -4.32. The molecule has 1 spiro atoms. The third kappa shape index (κ3) is 3.97. The van der Waals surface area contributed by atoms with Gasteiger partial charge in [0.2, 0.25) is 11.8 Å². The van der Waals surface area contributed by atoms with Crippen LogP contribution in [0.1, 0.15) is 42.6 Å². The van der Waals surface area contributed by atoms with E-state index in [4.69, 9.17) is 0 Å².